The van der Waals surface area contributed by atoms with E-state index in [1.54, 1.807) is 6.20 Å². The summed E-state index contributed by atoms with van der Waals surface area (Å²) in [5.74, 6) is 1.55. The summed E-state index contributed by atoms with van der Waals surface area (Å²) in [6.45, 7) is 2.19. The Morgan fingerprint density at radius 1 is 1.57 bits per heavy atom. The van der Waals surface area contributed by atoms with Crippen molar-refractivity contribution in [2.75, 3.05) is 5.32 Å². The van der Waals surface area contributed by atoms with Gasteiger partial charge in [-0.3, -0.25) is 0 Å². The fourth-order valence-corrected chi connectivity index (χ4v) is 1.53. The van der Waals surface area contributed by atoms with Crippen LogP contribution in [0.5, 0.6) is 0 Å². The summed E-state index contributed by atoms with van der Waals surface area (Å²) < 4.78 is 0. The van der Waals surface area contributed by atoms with E-state index >= 15 is 0 Å². The third-order valence-electron chi connectivity index (χ3n) is 2.55. The van der Waals surface area contributed by atoms with Gasteiger partial charge < -0.3 is 5.32 Å². The van der Waals surface area contributed by atoms with Crippen LogP contribution < -0.4 is 5.32 Å². The molecule has 1 fully saturated rings. The third kappa shape index (κ3) is 1.82. The van der Waals surface area contributed by atoms with Gasteiger partial charge in [0.15, 0.2) is 5.69 Å². The van der Waals surface area contributed by atoms with Gasteiger partial charge in [0, 0.05) is 6.04 Å². The number of rotatable bonds is 3. The van der Waals surface area contributed by atoms with Gasteiger partial charge in [-0.1, -0.05) is 13.3 Å². The number of hydrogen-bond acceptors (Lipinski definition) is 4. The molecule has 0 radical (unpaired) electrons. The molecule has 1 aliphatic carbocycles. The van der Waals surface area contributed by atoms with Crippen molar-refractivity contribution in [1.82, 2.24) is 9.97 Å². The first kappa shape index (κ1) is 8.95. The van der Waals surface area contributed by atoms with Crippen molar-refractivity contribution in [2.24, 2.45) is 5.92 Å². The minimum atomic E-state index is 0.360. The van der Waals surface area contributed by atoms with E-state index < -0.39 is 0 Å². The summed E-state index contributed by atoms with van der Waals surface area (Å²) in [5.41, 5.74) is 0.360. The van der Waals surface area contributed by atoms with E-state index in [0.29, 0.717) is 11.7 Å². The lowest BCUT2D eigenvalue weighted by Crippen LogP contribution is -2.06. The molecule has 2 atom stereocenters. The van der Waals surface area contributed by atoms with Crippen LogP contribution >= 0.6 is 0 Å². The first-order valence-electron chi connectivity index (χ1n) is 4.82. The predicted molar refractivity (Wildman–Crippen MR) is 52.6 cm³/mol. The van der Waals surface area contributed by atoms with Crippen molar-refractivity contribution in [3.05, 3.63) is 18.1 Å². The molecule has 0 aromatic carbocycles. The molecule has 1 aliphatic rings. The van der Waals surface area contributed by atoms with Crippen LogP contribution in [0.4, 0.5) is 5.82 Å². The molecule has 1 aromatic heterocycles. The molecule has 1 aromatic rings. The Bertz CT molecular complexity index is 351. The predicted octanol–water partition coefficient (Wildman–Crippen LogP) is 1.56. The van der Waals surface area contributed by atoms with Crippen LogP contribution in [0.3, 0.4) is 0 Å². The van der Waals surface area contributed by atoms with Gasteiger partial charge in [-0.25, -0.2) is 9.97 Å². The molecule has 1 heterocycles. The molecule has 14 heavy (non-hydrogen) atoms. The summed E-state index contributed by atoms with van der Waals surface area (Å²) in [7, 11) is 0. The van der Waals surface area contributed by atoms with Crippen molar-refractivity contribution in [2.45, 2.75) is 25.8 Å². The standard InChI is InChI=1S/C10H12N4/c1-2-7-3-9(7)14-10-6-12-8(4-11)5-13-10/h5-7,9H,2-3H2,1H3,(H,13,14)/t7-,9-/m1/s1. The van der Waals surface area contributed by atoms with Crippen LogP contribution in [0, 0.1) is 17.2 Å². The van der Waals surface area contributed by atoms with Crippen molar-refractivity contribution >= 4 is 5.82 Å². The average molecular weight is 188 g/mol. The van der Waals surface area contributed by atoms with E-state index in [1.807, 2.05) is 6.07 Å². The molecule has 0 aliphatic heterocycles. The molecule has 2 rings (SSSR count). The van der Waals surface area contributed by atoms with Gasteiger partial charge in [-0.15, -0.1) is 0 Å². The molecule has 1 saturated carbocycles. The van der Waals surface area contributed by atoms with Gasteiger partial charge in [0.1, 0.15) is 11.9 Å². The Labute approximate surface area is 83.0 Å². The van der Waals surface area contributed by atoms with E-state index in [0.717, 1.165) is 11.7 Å². The molecule has 4 nitrogen and oxygen atoms in total. The van der Waals surface area contributed by atoms with Gasteiger partial charge in [-0.2, -0.15) is 5.26 Å². The number of aromatic nitrogens is 2. The maximum Gasteiger partial charge on any atom is 0.158 e. The Kier molecular flexibility index (Phi) is 2.32. The topological polar surface area (TPSA) is 61.6 Å². The lowest BCUT2D eigenvalue weighted by atomic mass is 10.3. The highest BCUT2D eigenvalue weighted by Crippen LogP contribution is 2.35. The Morgan fingerprint density at radius 3 is 2.93 bits per heavy atom. The summed E-state index contributed by atoms with van der Waals surface area (Å²) in [5, 5.41) is 11.8. The molecule has 0 spiro atoms. The van der Waals surface area contributed by atoms with E-state index in [9.17, 15) is 0 Å². The second kappa shape index (κ2) is 3.62. The summed E-state index contributed by atoms with van der Waals surface area (Å²) in [4.78, 5) is 8.05. The lowest BCUT2D eigenvalue weighted by molar-refractivity contribution is 0.773. The van der Waals surface area contributed by atoms with E-state index in [1.165, 1.54) is 19.0 Å². The van der Waals surface area contributed by atoms with Crippen molar-refractivity contribution in [3.63, 3.8) is 0 Å². The quantitative estimate of drug-likeness (QED) is 0.781. The average Bonchev–Trinajstić information content (AvgIpc) is 2.98. The molecule has 0 saturated heterocycles. The summed E-state index contributed by atoms with van der Waals surface area (Å²) in [6, 6.07) is 2.50. The van der Waals surface area contributed by atoms with E-state index in [2.05, 4.69) is 22.2 Å². The monoisotopic (exact) mass is 188 g/mol. The minimum absolute atomic E-state index is 0.360. The maximum atomic E-state index is 8.53. The van der Waals surface area contributed by atoms with Crippen LogP contribution in [-0.2, 0) is 0 Å². The fourth-order valence-electron chi connectivity index (χ4n) is 1.53. The van der Waals surface area contributed by atoms with Crippen molar-refractivity contribution in [3.8, 4) is 6.07 Å². The second-order valence-electron chi connectivity index (χ2n) is 3.55. The molecule has 72 valence electrons. The number of hydrogen-bond donors (Lipinski definition) is 1. The second-order valence-corrected chi connectivity index (χ2v) is 3.55. The lowest BCUT2D eigenvalue weighted by Gasteiger charge is -2.02. The number of nitrogens with zero attached hydrogens (tertiary/aromatic N) is 3. The molecular weight excluding hydrogens is 176 g/mol. The molecular formula is C10H12N4. The Balaban J connectivity index is 1.95. The minimum Gasteiger partial charge on any atom is -0.366 e. The van der Waals surface area contributed by atoms with Crippen molar-refractivity contribution in [1.29, 1.82) is 5.26 Å². The number of nitrogens with one attached hydrogen (secondary N) is 1. The van der Waals surface area contributed by atoms with Crippen LogP contribution in [0.25, 0.3) is 0 Å². The van der Waals surface area contributed by atoms with E-state index in [-0.39, 0.29) is 0 Å². The highest BCUT2D eigenvalue weighted by Gasteiger charge is 2.35. The molecule has 0 unspecified atom stereocenters. The van der Waals surface area contributed by atoms with Crippen LogP contribution in [0.2, 0.25) is 0 Å². The van der Waals surface area contributed by atoms with Crippen LogP contribution in [0.1, 0.15) is 25.5 Å². The van der Waals surface area contributed by atoms with Gasteiger partial charge in [0.05, 0.1) is 12.4 Å². The summed E-state index contributed by atoms with van der Waals surface area (Å²) in [6.07, 6.45) is 5.54. The van der Waals surface area contributed by atoms with Gasteiger partial charge >= 0.3 is 0 Å². The zero-order valence-corrected chi connectivity index (χ0v) is 8.07. The zero-order chi connectivity index (χ0) is 9.97. The molecule has 1 N–H and O–H groups in total. The van der Waals surface area contributed by atoms with Crippen molar-refractivity contribution < 1.29 is 0 Å². The third-order valence-corrected chi connectivity index (χ3v) is 2.55. The maximum absolute atomic E-state index is 8.53. The summed E-state index contributed by atoms with van der Waals surface area (Å²) >= 11 is 0. The smallest absolute Gasteiger partial charge is 0.158 e. The molecule has 4 heteroatoms. The highest BCUT2D eigenvalue weighted by molar-refractivity contribution is 5.36. The Morgan fingerprint density at radius 2 is 2.43 bits per heavy atom. The molecule has 0 amide bonds. The SMILES string of the molecule is CC[C@@H]1C[C@H]1Nc1cnc(C#N)cn1. The molecule has 0 bridgehead atoms. The van der Waals surface area contributed by atoms with E-state index in [4.69, 9.17) is 5.26 Å². The fraction of sp³-hybridized carbons (Fsp3) is 0.500. The van der Waals surface area contributed by atoms with Gasteiger partial charge in [0.25, 0.3) is 0 Å². The Hall–Kier alpha value is -1.63. The first-order valence-corrected chi connectivity index (χ1v) is 4.82. The van der Waals surface area contributed by atoms with Gasteiger partial charge in [0.2, 0.25) is 0 Å². The number of nitriles is 1. The highest BCUT2D eigenvalue weighted by atomic mass is 15.1. The first-order chi connectivity index (χ1) is 6.83. The largest absolute Gasteiger partial charge is 0.366 e. The van der Waals surface area contributed by atoms with Crippen LogP contribution in [0.15, 0.2) is 12.4 Å². The number of anilines is 1. The van der Waals surface area contributed by atoms with Gasteiger partial charge in [-0.05, 0) is 12.3 Å². The normalized spacial score (nSPS) is 24.0. The zero-order valence-electron chi connectivity index (χ0n) is 8.07. The van der Waals surface area contributed by atoms with Crippen LogP contribution in [-0.4, -0.2) is 16.0 Å².